The Labute approximate surface area is 89.4 Å². The molecule has 76 valence electrons. The van der Waals surface area contributed by atoms with Gasteiger partial charge in [0.1, 0.15) is 0 Å². The van der Waals surface area contributed by atoms with Crippen molar-refractivity contribution >= 4 is 15.9 Å². The van der Waals surface area contributed by atoms with Crippen molar-refractivity contribution in [2.45, 2.75) is 55.9 Å². The molecular formula is C11H19BrO. The third-order valence-corrected chi connectivity index (χ3v) is 4.21. The maximum atomic E-state index is 5.85. The van der Waals surface area contributed by atoms with Crippen molar-refractivity contribution in [3.8, 4) is 0 Å². The smallest absolute Gasteiger partial charge is 0.0700 e. The zero-order chi connectivity index (χ0) is 9.10. The van der Waals surface area contributed by atoms with Crippen LogP contribution in [-0.4, -0.2) is 17.5 Å². The van der Waals surface area contributed by atoms with Crippen LogP contribution in [0.1, 0.15) is 44.9 Å². The second-order valence-electron chi connectivity index (χ2n) is 4.44. The lowest BCUT2D eigenvalue weighted by Crippen LogP contribution is -2.18. The molecule has 0 aromatic heterocycles. The molecule has 0 radical (unpaired) electrons. The van der Waals surface area contributed by atoms with E-state index in [1.807, 2.05) is 0 Å². The van der Waals surface area contributed by atoms with Gasteiger partial charge in [0, 0.05) is 11.4 Å². The van der Waals surface area contributed by atoms with Crippen LogP contribution in [0.3, 0.4) is 0 Å². The first kappa shape index (κ1) is 9.97. The van der Waals surface area contributed by atoms with Gasteiger partial charge in [-0.05, 0) is 38.0 Å². The summed E-state index contributed by atoms with van der Waals surface area (Å²) in [6.45, 7) is 0.989. The van der Waals surface area contributed by atoms with Gasteiger partial charge in [-0.25, -0.2) is 0 Å². The highest BCUT2D eigenvalue weighted by Crippen LogP contribution is 2.34. The summed E-state index contributed by atoms with van der Waals surface area (Å²) in [7, 11) is 0. The minimum Gasteiger partial charge on any atom is -0.377 e. The Morgan fingerprint density at radius 2 is 2.00 bits per heavy atom. The van der Waals surface area contributed by atoms with Crippen LogP contribution in [0, 0.1) is 5.92 Å². The predicted octanol–water partition coefficient (Wildman–Crippen LogP) is 3.51. The SMILES string of the molecule is BrC1CCCC1OCCCC1CC1. The second kappa shape index (κ2) is 4.79. The first-order valence-electron chi connectivity index (χ1n) is 5.62. The fraction of sp³-hybridized carbons (Fsp3) is 1.00. The number of rotatable bonds is 5. The molecule has 0 spiro atoms. The van der Waals surface area contributed by atoms with Gasteiger partial charge in [0.05, 0.1) is 6.10 Å². The molecule has 2 atom stereocenters. The lowest BCUT2D eigenvalue weighted by atomic mass is 10.2. The molecule has 2 aliphatic carbocycles. The zero-order valence-electron chi connectivity index (χ0n) is 8.18. The monoisotopic (exact) mass is 246 g/mol. The molecular weight excluding hydrogens is 228 g/mol. The number of halogens is 1. The Bertz CT molecular complexity index is 156. The van der Waals surface area contributed by atoms with E-state index in [9.17, 15) is 0 Å². The number of ether oxygens (including phenoxy) is 1. The van der Waals surface area contributed by atoms with Crippen molar-refractivity contribution in [1.29, 1.82) is 0 Å². The van der Waals surface area contributed by atoms with Crippen LogP contribution in [0.25, 0.3) is 0 Å². The van der Waals surface area contributed by atoms with E-state index < -0.39 is 0 Å². The molecule has 2 saturated carbocycles. The summed E-state index contributed by atoms with van der Waals surface area (Å²) in [5.74, 6) is 1.06. The Morgan fingerprint density at radius 1 is 1.15 bits per heavy atom. The summed E-state index contributed by atoms with van der Waals surface area (Å²) >= 11 is 3.67. The molecule has 0 aromatic carbocycles. The van der Waals surface area contributed by atoms with Gasteiger partial charge in [0.2, 0.25) is 0 Å². The van der Waals surface area contributed by atoms with Crippen LogP contribution in [0.4, 0.5) is 0 Å². The average molecular weight is 247 g/mol. The standard InChI is InChI=1S/C11H19BrO/c12-10-4-1-5-11(10)13-8-2-3-9-6-7-9/h9-11H,1-8H2. The number of hydrogen-bond acceptors (Lipinski definition) is 1. The summed E-state index contributed by atoms with van der Waals surface area (Å²) in [6.07, 6.45) is 10.0. The molecule has 2 aliphatic rings. The highest BCUT2D eigenvalue weighted by molar-refractivity contribution is 9.09. The van der Waals surface area contributed by atoms with E-state index in [2.05, 4.69) is 15.9 Å². The minimum absolute atomic E-state index is 0.513. The third kappa shape index (κ3) is 3.25. The van der Waals surface area contributed by atoms with Crippen LogP contribution in [-0.2, 0) is 4.74 Å². The average Bonchev–Trinajstić information content (AvgIpc) is 2.86. The van der Waals surface area contributed by atoms with Crippen molar-refractivity contribution in [3.05, 3.63) is 0 Å². The van der Waals surface area contributed by atoms with E-state index in [0.29, 0.717) is 10.9 Å². The molecule has 0 aliphatic heterocycles. The Balaban J connectivity index is 1.51. The Morgan fingerprint density at radius 3 is 2.62 bits per heavy atom. The summed E-state index contributed by atoms with van der Waals surface area (Å²) in [5.41, 5.74) is 0. The highest BCUT2D eigenvalue weighted by atomic mass is 79.9. The van der Waals surface area contributed by atoms with Gasteiger partial charge in [-0.3, -0.25) is 0 Å². The van der Waals surface area contributed by atoms with Crippen LogP contribution >= 0.6 is 15.9 Å². The van der Waals surface area contributed by atoms with Crippen molar-refractivity contribution in [3.63, 3.8) is 0 Å². The van der Waals surface area contributed by atoms with E-state index in [-0.39, 0.29) is 0 Å². The van der Waals surface area contributed by atoms with Crippen LogP contribution in [0.15, 0.2) is 0 Å². The Kier molecular flexibility index (Phi) is 3.67. The molecule has 0 aromatic rings. The van der Waals surface area contributed by atoms with E-state index in [1.54, 1.807) is 0 Å². The minimum atomic E-state index is 0.513. The van der Waals surface area contributed by atoms with E-state index in [4.69, 9.17) is 4.74 Å². The summed E-state index contributed by atoms with van der Waals surface area (Å²) in [6, 6.07) is 0. The number of alkyl halides is 1. The van der Waals surface area contributed by atoms with Gasteiger partial charge >= 0.3 is 0 Å². The lowest BCUT2D eigenvalue weighted by Gasteiger charge is -2.14. The first-order valence-corrected chi connectivity index (χ1v) is 6.53. The fourth-order valence-corrected chi connectivity index (χ4v) is 2.82. The largest absolute Gasteiger partial charge is 0.377 e. The van der Waals surface area contributed by atoms with E-state index in [1.165, 1.54) is 44.9 Å². The molecule has 13 heavy (non-hydrogen) atoms. The van der Waals surface area contributed by atoms with Crippen molar-refractivity contribution < 1.29 is 4.74 Å². The van der Waals surface area contributed by atoms with Crippen LogP contribution in [0.2, 0.25) is 0 Å². The van der Waals surface area contributed by atoms with Gasteiger partial charge in [-0.2, -0.15) is 0 Å². The van der Waals surface area contributed by atoms with Crippen molar-refractivity contribution in [2.24, 2.45) is 5.92 Å². The third-order valence-electron chi connectivity index (χ3n) is 3.16. The number of hydrogen-bond donors (Lipinski definition) is 0. The summed E-state index contributed by atoms with van der Waals surface area (Å²) < 4.78 is 5.85. The maximum Gasteiger partial charge on any atom is 0.0700 e. The summed E-state index contributed by atoms with van der Waals surface area (Å²) in [4.78, 5) is 0.633. The lowest BCUT2D eigenvalue weighted by molar-refractivity contribution is 0.0595. The highest BCUT2D eigenvalue weighted by Gasteiger charge is 2.25. The van der Waals surface area contributed by atoms with Gasteiger partial charge < -0.3 is 4.74 Å². The van der Waals surface area contributed by atoms with E-state index >= 15 is 0 Å². The molecule has 0 heterocycles. The predicted molar refractivity (Wildman–Crippen MR) is 58.3 cm³/mol. The van der Waals surface area contributed by atoms with Gasteiger partial charge in [0.25, 0.3) is 0 Å². The van der Waals surface area contributed by atoms with Crippen molar-refractivity contribution in [2.75, 3.05) is 6.61 Å². The van der Waals surface area contributed by atoms with Gasteiger partial charge in [-0.15, -0.1) is 0 Å². The molecule has 2 fully saturated rings. The topological polar surface area (TPSA) is 9.23 Å². The first-order chi connectivity index (χ1) is 6.36. The van der Waals surface area contributed by atoms with Crippen LogP contribution < -0.4 is 0 Å². The van der Waals surface area contributed by atoms with E-state index in [0.717, 1.165) is 12.5 Å². The zero-order valence-corrected chi connectivity index (χ0v) is 9.76. The normalized spacial score (nSPS) is 33.9. The van der Waals surface area contributed by atoms with Crippen molar-refractivity contribution in [1.82, 2.24) is 0 Å². The second-order valence-corrected chi connectivity index (χ2v) is 5.62. The van der Waals surface area contributed by atoms with Gasteiger partial charge in [0.15, 0.2) is 0 Å². The quantitative estimate of drug-likeness (QED) is 0.533. The molecule has 0 bridgehead atoms. The molecule has 0 saturated heterocycles. The molecule has 1 nitrogen and oxygen atoms in total. The summed E-state index contributed by atoms with van der Waals surface area (Å²) in [5, 5.41) is 0. The van der Waals surface area contributed by atoms with Crippen LogP contribution in [0.5, 0.6) is 0 Å². The fourth-order valence-electron chi connectivity index (χ4n) is 2.08. The maximum absolute atomic E-state index is 5.85. The Hall–Kier alpha value is 0.440. The van der Waals surface area contributed by atoms with Gasteiger partial charge in [-0.1, -0.05) is 28.8 Å². The molecule has 0 amide bonds. The molecule has 2 rings (SSSR count). The molecule has 0 N–H and O–H groups in total. The molecule has 2 unspecified atom stereocenters. The molecule has 2 heteroatoms.